The van der Waals surface area contributed by atoms with E-state index in [1.54, 1.807) is 18.5 Å². The predicted octanol–water partition coefficient (Wildman–Crippen LogP) is 9.54. The molecular formula is C36H24N4. The third-order valence-electron chi connectivity index (χ3n) is 7.33. The minimum atomic E-state index is 0.618. The molecule has 1 aliphatic rings. The average molecular weight is 513 g/mol. The smallest absolute Gasteiger partial charge is 0.0999 e. The lowest BCUT2D eigenvalue weighted by atomic mass is 9.96. The predicted molar refractivity (Wildman–Crippen MR) is 163 cm³/mol. The van der Waals surface area contributed by atoms with Crippen molar-refractivity contribution >= 4 is 34.1 Å². The molecule has 0 radical (unpaired) electrons. The molecule has 1 aromatic heterocycles. The van der Waals surface area contributed by atoms with Crippen LogP contribution in [0.25, 0.3) is 22.3 Å². The largest absolute Gasteiger partial charge is 0.306 e. The summed E-state index contributed by atoms with van der Waals surface area (Å²) in [6.07, 6.45) is 3.40. The van der Waals surface area contributed by atoms with E-state index >= 15 is 0 Å². The maximum absolute atomic E-state index is 9.56. The van der Waals surface area contributed by atoms with Gasteiger partial charge in [-0.3, -0.25) is 4.98 Å². The first kappa shape index (κ1) is 23.5. The van der Waals surface area contributed by atoms with Gasteiger partial charge in [-0.1, -0.05) is 84.9 Å². The van der Waals surface area contributed by atoms with Crippen LogP contribution in [-0.2, 0) is 0 Å². The van der Waals surface area contributed by atoms with Gasteiger partial charge in [-0.25, -0.2) is 0 Å². The summed E-state index contributed by atoms with van der Waals surface area (Å²) in [4.78, 5) is 8.93. The summed E-state index contributed by atoms with van der Waals surface area (Å²) < 4.78 is 0. The van der Waals surface area contributed by atoms with Crippen LogP contribution in [-0.4, -0.2) is 4.98 Å². The fourth-order valence-electron chi connectivity index (χ4n) is 5.52. The van der Waals surface area contributed by atoms with Gasteiger partial charge in [0, 0.05) is 29.2 Å². The molecule has 0 atom stereocenters. The highest BCUT2D eigenvalue weighted by atomic mass is 15.3. The fraction of sp³-hybridized carbons (Fsp3) is 0. The quantitative estimate of drug-likeness (QED) is 0.235. The minimum absolute atomic E-state index is 0.618. The van der Waals surface area contributed by atoms with Crippen LogP contribution in [0.3, 0.4) is 0 Å². The normalized spacial score (nSPS) is 11.9. The van der Waals surface area contributed by atoms with Crippen molar-refractivity contribution in [2.75, 3.05) is 9.80 Å². The Kier molecular flexibility index (Phi) is 5.81. The second-order valence-corrected chi connectivity index (χ2v) is 9.61. The summed E-state index contributed by atoms with van der Waals surface area (Å²) in [5.41, 5.74) is 11.3. The van der Waals surface area contributed by atoms with Crippen molar-refractivity contribution < 1.29 is 0 Å². The van der Waals surface area contributed by atoms with Crippen LogP contribution in [0.15, 0.2) is 146 Å². The maximum atomic E-state index is 9.56. The van der Waals surface area contributed by atoms with Gasteiger partial charge in [0.15, 0.2) is 0 Å². The molecule has 0 N–H and O–H groups in total. The molecule has 6 aromatic rings. The van der Waals surface area contributed by atoms with E-state index in [1.807, 2.05) is 0 Å². The van der Waals surface area contributed by atoms with Crippen LogP contribution < -0.4 is 9.80 Å². The number of hydrogen-bond acceptors (Lipinski definition) is 4. The molecule has 7 rings (SSSR count). The van der Waals surface area contributed by atoms with E-state index in [-0.39, 0.29) is 0 Å². The van der Waals surface area contributed by atoms with Crippen molar-refractivity contribution in [2.24, 2.45) is 0 Å². The van der Waals surface area contributed by atoms with E-state index in [1.165, 1.54) is 0 Å². The summed E-state index contributed by atoms with van der Waals surface area (Å²) in [6, 6.07) is 48.6. The zero-order valence-electron chi connectivity index (χ0n) is 21.6. The topological polar surface area (TPSA) is 43.2 Å². The average Bonchev–Trinajstić information content (AvgIpc) is 3.04. The zero-order chi connectivity index (χ0) is 26.9. The van der Waals surface area contributed by atoms with Crippen LogP contribution in [0.5, 0.6) is 0 Å². The van der Waals surface area contributed by atoms with Crippen LogP contribution in [0, 0.1) is 11.3 Å². The Labute approximate surface area is 233 Å². The van der Waals surface area contributed by atoms with Crippen LogP contribution in [0.1, 0.15) is 5.56 Å². The fourth-order valence-corrected chi connectivity index (χ4v) is 5.52. The third kappa shape index (κ3) is 3.89. The standard InChI is InChI=1S/C36H24N4/c37-24-28-22-23-38-25-31(28)27-20-18-26(19-21-27)30-12-4-5-13-32(30)40-35-16-8-6-14-33(35)39(29-10-2-1-3-11-29)34-15-7-9-17-36(34)40/h1-23,25H. The van der Waals surface area contributed by atoms with Crippen molar-refractivity contribution in [3.63, 3.8) is 0 Å². The number of para-hydroxylation sites is 6. The van der Waals surface area contributed by atoms with Gasteiger partial charge in [-0.15, -0.1) is 0 Å². The van der Waals surface area contributed by atoms with Gasteiger partial charge in [-0.2, -0.15) is 5.26 Å². The van der Waals surface area contributed by atoms with Gasteiger partial charge in [0.1, 0.15) is 0 Å². The van der Waals surface area contributed by atoms with Gasteiger partial charge in [0.2, 0.25) is 0 Å². The molecule has 0 aliphatic carbocycles. The highest BCUT2D eigenvalue weighted by Crippen LogP contribution is 2.55. The molecule has 5 aromatic carbocycles. The van der Waals surface area contributed by atoms with Crippen LogP contribution >= 0.6 is 0 Å². The molecule has 188 valence electrons. The number of nitrogens with zero attached hydrogens (tertiary/aromatic N) is 4. The molecule has 0 fully saturated rings. The Morgan fingerprint density at radius 2 is 0.975 bits per heavy atom. The molecule has 1 aliphatic heterocycles. The van der Waals surface area contributed by atoms with E-state index in [0.29, 0.717) is 5.56 Å². The SMILES string of the molecule is N#Cc1ccncc1-c1ccc(-c2ccccc2N2c3ccccc3N(c3ccccc3)c3ccccc32)cc1. The Morgan fingerprint density at radius 3 is 1.57 bits per heavy atom. The molecular weight excluding hydrogens is 488 g/mol. The van der Waals surface area contributed by atoms with E-state index in [4.69, 9.17) is 0 Å². The maximum Gasteiger partial charge on any atom is 0.0999 e. The van der Waals surface area contributed by atoms with Crippen molar-refractivity contribution in [1.29, 1.82) is 5.26 Å². The Morgan fingerprint density at radius 1 is 0.475 bits per heavy atom. The van der Waals surface area contributed by atoms with Crippen molar-refractivity contribution in [1.82, 2.24) is 4.98 Å². The monoisotopic (exact) mass is 512 g/mol. The summed E-state index contributed by atoms with van der Waals surface area (Å²) in [5.74, 6) is 0. The Hall–Kier alpha value is -5.66. The number of benzene rings is 5. The second-order valence-electron chi connectivity index (χ2n) is 9.61. The summed E-state index contributed by atoms with van der Waals surface area (Å²) in [5, 5.41) is 9.56. The summed E-state index contributed by atoms with van der Waals surface area (Å²) in [7, 11) is 0. The highest BCUT2D eigenvalue weighted by Gasteiger charge is 2.31. The van der Waals surface area contributed by atoms with Crippen LogP contribution in [0.2, 0.25) is 0 Å². The van der Waals surface area contributed by atoms with Crippen molar-refractivity contribution in [2.45, 2.75) is 0 Å². The van der Waals surface area contributed by atoms with Crippen molar-refractivity contribution in [3.8, 4) is 28.3 Å². The second kappa shape index (κ2) is 9.90. The van der Waals surface area contributed by atoms with E-state index in [9.17, 15) is 5.26 Å². The van der Waals surface area contributed by atoms with Gasteiger partial charge >= 0.3 is 0 Å². The lowest BCUT2D eigenvalue weighted by Crippen LogP contribution is -2.24. The molecule has 2 heterocycles. The summed E-state index contributed by atoms with van der Waals surface area (Å²) >= 11 is 0. The number of anilines is 6. The Bertz CT molecular complexity index is 1820. The first-order valence-electron chi connectivity index (χ1n) is 13.2. The van der Waals surface area contributed by atoms with Crippen LogP contribution in [0.4, 0.5) is 34.1 Å². The lowest BCUT2D eigenvalue weighted by Gasteiger charge is -2.40. The summed E-state index contributed by atoms with van der Waals surface area (Å²) in [6.45, 7) is 0. The molecule has 0 spiro atoms. The van der Waals surface area contributed by atoms with Gasteiger partial charge in [0.05, 0.1) is 40.1 Å². The number of hydrogen-bond donors (Lipinski definition) is 0. The Balaban J connectivity index is 1.38. The molecule has 0 amide bonds. The molecule has 40 heavy (non-hydrogen) atoms. The molecule has 0 saturated carbocycles. The minimum Gasteiger partial charge on any atom is -0.306 e. The highest BCUT2D eigenvalue weighted by molar-refractivity contribution is 6.03. The molecule has 0 unspecified atom stereocenters. The van der Waals surface area contributed by atoms with E-state index in [2.05, 4.69) is 148 Å². The van der Waals surface area contributed by atoms with Gasteiger partial charge in [-0.05, 0) is 59.7 Å². The van der Waals surface area contributed by atoms with Crippen molar-refractivity contribution in [3.05, 3.63) is 151 Å². The van der Waals surface area contributed by atoms with E-state index in [0.717, 1.165) is 56.4 Å². The molecule has 0 bridgehead atoms. The number of fused-ring (bicyclic) bond motifs is 2. The first-order valence-corrected chi connectivity index (χ1v) is 13.2. The third-order valence-corrected chi connectivity index (χ3v) is 7.33. The first-order chi connectivity index (χ1) is 19.8. The number of nitriles is 1. The van der Waals surface area contributed by atoms with Gasteiger partial charge < -0.3 is 9.80 Å². The zero-order valence-corrected chi connectivity index (χ0v) is 21.6. The lowest BCUT2D eigenvalue weighted by molar-refractivity contribution is 1.17. The number of pyridine rings is 1. The molecule has 4 nitrogen and oxygen atoms in total. The number of aromatic nitrogens is 1. The van der Waals surface area contributed by atoms with Gasteiger partial charge in [0.25, 0.3) is 0 Å². The molecule has 0 saturated heterocycles. The number of rotatable bonds is 4. The van der Waals surface area contributed by atoms with E-state index < -0.39 is 0 Å². The molecule has 4 heteroatoms.